The highest BCUT2D eigenvalue weighted by molar-refractivity contribution is 7.88. The zero-order valence-corrected chi connectivity index (χ0v) is 22.4. The second-order valence-corrected chi connectivity index (χ2v) is 11.3. The Labute approximate surface area is 229 Å². The van der Waals surface area contributed by atoms with Crippen molar-refractivity contribution in [3.8, 4) is 34.0 Å². The molecule has 212 valence electrons. The summed E-state index contributed by atoms with van der Waals surface area (Å²) in [6.45, 7) is 1.31. The highest BCUT2D eigenvalue weighted by atomic mass is 32.2. The molecule has 0 aliphatic carbocycles. The van der Waals surface area contributed by atoms with Gasteiger partial charge in [0.15, 0.2) is 0 Å². The molecule has 40 heavy (non-hydrogen) atoms. The zero-order chi connectivity index (χ0) is 28.7. The van der Waals surface area contributed by atoms with Crippen molar-refractivity contribution in [2.24, 2.45) is 0 Å². The van der Waals surface area contributed by atoms with Gasteiger partial charge in [0.05, 0.1) is 23.3 Å². The maximum absolute atomic E-state index is 15.6. The highest BCUT2D eigenvalue weighted by Gasteiger charge is 2.49. The van der Waals surface area contributed by atoms with Crippen LogP contribution in [0.1, 0.15) is 11.1 Å². The normalized spacial score (nSPS) is 13.8. The molecule has 0 fully saturated rings. The van der Waals surface area contributed by atoms with Crippen molar-refractivity contribution in [2.45, 2.75) is 18.5 Å². The summed E-state index contributed by atoms with van der Waals surface area (Å²) in [4.78, 5) is 4.21. The second kappa shape index (κ2) is 10.9. The van der Waals surface area contributed by atoms with Crippen LogP contribution in [0.25, 0.3) is 32.5 Å². The monoisotopic (exact) mass is 600 g/mol. The van der Waals surface area contributed by atoms with Gasteiger partial charge in [-0.15, -0.1) is 11.3 Å². The minimum atomic E-state index is -6.08. The molecule has 4 aromatic rings. The van der Waals surface area contributed by atoms with E-state index in [0.717, 1.165) is 41.5 Å². The van der Waals surface area contributed by atoms with Crippen LogP contribution in [-0.2, 0) is 27.8 Å². The molecule has 7 nitrogen and oxygen atoms in total. The van der Waals surface area contributed by atoms with Crippen LogP contribution >= 0.6 is 11.3 Å². The molecule has 0 spiro atoms. The van der Waals surface area contributed by atoms with Crippen LogP contribution in [0.15, 0.2) is 41.8 Å². The quantitative estimate of drug-likeness (QED) is 0.118. The fourth-order valence-electron chi connectivity index (χ4n) is 4.42. The van der Waals surface area contributed by atoms with Crippen molar-refractivity contribution in [2.75, 3.05) is 26.9 Å². The summed E-state index contributed by atoms with van der Waals surface area (Å²) in [5.74, 6) is -2.95. The fourth-order valence-corrected chi connectivity index (χ4v) is 5.79. The van der Waals surface area contributed by atoms with Crippen molar-refractivity contribution < 1.29 is 44.0 Å². The van der Waals surface area contributed by atoms with Crippen molar-refractivity contribution in [1.29, 1.82) is 0 Å². The lowest BCUT2D eigenvalue weighted by Crippen LogP contribution is -2.28. The highest BCUT2D eigenvalue weighted by Crippen LogP contribution is 2.47. The number of hydrogen-bond acceptors (Lipinski definition) is 8. The topological polar surface area (TPSA) is 86.8 Å². The van der Waals surface area contributed by atoms with Gasteiger partial charge in [-0.3, -0.25) is 0 Å². The number of nitrogens with one attached hydrogen (secondary N) is 1. The first-order valence-electron chi connectivity index (χ1n) is 11.9. The number of benzene rings is 2. The minimum absolute atomic E-state index is 0.0573. The first kappa shape index (κ1) is 28.2. The molecule has 14 heteroatoms. The van der Waals surface area contributed by atoms with Crippen LogP contribution < -0.4 is 14.2 Å². The summed E-state index contributed by atoms with van der Waals surface area (Å²) in [7, 11) is -4.66. The van der Waals surface area contributed by atoms with E-state index in [2.05, 4.69) is 14.5 Å². The third-order valence-corrected chi connectivity index (χ3v) is 8.10. The molecule has 0 radical (unpaired) electrons. The van der Waals surface area contributed by atoms with Crippen LogP contribution in [0, 0.1) is 11.6 Å². The van der Waals surface area contributed by atoms with Crippen LogP contribution in [0.2, 0.25) is 0 Å². The second-order valence-electron chi connectivity index (χ2n) is 8.80. The largest absolute Gasteiger partial charge is 0.534 e. The fraction of sp³-hybridized carbons (Fsp3) is 0.269. The summed E-state index contributed by atoms with van der Waals surface area (Å²) in [6, 6.07) is 8.15. The minimum Gasteiger partial charge on any atom is -0.490 e. The molecular weight excluding hydrogens is 579 g/mol. The predicted molar refractivity (Wildman–Crippen MR) is 139 cm³/mol. The first-order chi connectivity index (χ1) is 19.0. The van der Waals surface area contributed by atoms with E-state index < -0.39 is 33.1 Å². The Morgan fingerprint density at radius 3 is 2.60 bits per heavy atom. The lowest BCUT2D eigenvalue weighted by atomic mass is 9.93. The van der Waals surface area contributed by atoms with Gasteiger partial charge in [0.25, 0.3) is 0 Å². The molecule has 0 atom stereocenters. The van der Waals surface area contributed by atoms with Gasteiger partial charge in [-0.05, 0) is 41.6 Å². The van der Waals surface area contributed by atoms with Gasteiger partial charge in [-0.25, -0.2) is 13.8 Å². The summed E-state index contributed by atoms with van der Waals surface area (Å²) < 4.78 is 109. The van der Waals surface area contributed by atoms with Gasteiger partial charge in [0, 0.05) is 41.6 Å². The van der Waals surface area contributed by atoms with E-state index in [1.165, 1.54) is 18.6 Å². The number of rotatable bonds is 8. The molecular formula is C26H21F5N2O5S2. The van der Waals surface area contributed by atoms with Gasteiger partial charge < -0.3 is 19.0 Å². The van der Waals surface area contributed by atoms with Crippen molar-refractivity contribution in [3.63, 3.8) is 0 Å². The number of pyridine rings is 1. The average Bonchev–Trinajstić information content (AvgIpc) is 3.38. The number of halogens is 5. The number of hydrogen-bond donors (Lipinski definition) is 1. The maximum Gasteiger partial charge on any atom is 0.534 e. The number of thiophene rings is 1. The van der Waals surface area contributed by atoms with E-state index in [9.17, 15) is 26.0 Å². The predicted octanol–water partition coefficient (Wildman–Crippen LogP) is 5.81. The Kier molecular flexibility index (Phi) is 7.70. The Balaban J connectivity index is 1.81. The van der Waals surface area contributed by atoms with Gasteiger partial charge in [-0.1, -0.05) is 12.1 Å². The van der Waals surface area contributed by atoms with Crippen molar-refractivity contribution in [1.82, 2.24) is 10.3 Å². The summed E-state index contributed by atoms with van der Waals surface area (Å²) >= 11 is 0.995. The Morgan fingerprint density at radius 2 is 1.85 bits per heavy atom. The van der Waals surface area contributed by atoms with E-state index in [1.54, 1.807) is 12.1 Å². The van der Waals surface area contributed by atoms with Crippen LogP contribution in [-0.4, -0.2) is 45.8 Å². The molecule has 0 bridgehead atoms. The zero-order valence-electron chi connectivity index (χ0n) is 20.8. The number of alkyl halides is 3. The Hall–Kier alpha value is -3.33. The van der Waals surface area contributed by atoms with E-state index >= 15 is 4.39 Å². The van der Waals surface area contributed by atoms with Crippen molar-refractivity contribution >= 4 is 31.5 Å². The number of methoxy groups -OCH3 is 1. The van der Waals surface area contributed by atoms with Crippen molar-refractivity contribution in [3.05, 3.63) is 64.5 Å². The number of ether oxygens (including phenoxy) is 2. The van der Waals surface area contributed by atoms with Gasteiger partial charge >= 0.3 is 15.6 Å². The number of aromatic nitrogens is 1. The molecule has 0 unspecified atom stereocenters. The van der Waals surface area contributed by atoms with Crippen LogP contribution in [0.4, 0.5) is 22.0 Å². The Bertz CT molecular complexity index is 1690. The standard InChI is InChI=1S/C26H21F5N2O5S2/c1-36-7-8-37-20-12-17(27)11-19(28)21(20)22-23(15-3-2-14-4-6-32-13-16(14)10-15)33-25(18-5-9-39-24(18)22)38-40(34,35)26(29,30)31/h2-3,5,9-12,32H,4,6-8,13H2,1H3. The van der Waals surface area contributed by atoms with E-state index in [-0.39, 0.29) is 45.9 Å². The molecule has 0 saturated carbocycles. The van der Waals surface area contributed by atoms with Gasteiger partial charge in [0.2, 0.25) is 5.88 Å². The SMILES string of the molecule is COCCOc1cc(F)cc(F)c1-c1c(-c2ccc3c(c2)CNCC3)nc(OS(=O)(=O)C(F)(F)F)c2ccsc12. The summed E-state index contributed by atoms with van der Waals surface area (Å²) in [6.07, 6.45) is 0.738. The Morgan fingerprint density at radius 1 is 1.05 bits per heavy atom. The van der Waals surface area contributed by atoms with Gasteiger partial charge in [-0.2, -0.15) is 21.6 Å². The molecule has 5 rings (SSSR count). The first-order valence-corrected chi connectivity index (χ1v) is 14.1. The summed E-state index contributed by atoms with van der Waals surface area (Å²) in [5, 5.41) is 4.58. The number of fused-ring (bicyclic) bond motifs is 2. The van der Waals surface area contributed by atoms with E-state index in [1.807, 2.05) is 6.07 Å². The van der Waals surface area contributed by atoms with Crippen LogP contribution in [0.3, 0.4) is 0 Å². The lowest BCUT2D eigenvalue weighted by Gasteiger charge is -2.20. The average molecular weight is 601 g/mol. The van der Waals surface area contributed by atoms with Gasteiger partial charge in [0.1, 0.15) is 24.0 Å². The molecule has 0 saturated heterocycles. The molecule has 1 aliphatic heterocycles. The molecule has 1 aliphatic rings. The van der Waals surface area contributed by atoms with E-state index in [0.29, 0.717) is 18.2 Å². The van der Waals surface area contributed by atoms with E-state index in [4.69, 9.17) is 9.47 Å². The smallest absolute Gasteiger partial charge is 0.490 e. The lowest BCUT2D eigenvalue weighted by molar-refractivity contribution is -0.0500. The van der Waals surface area contributed by atoms with Crippen LogP contribution in [0.5, 0.6) is 11.6 Å². The number of nitrogens with zero attached hydrogens (tertiary/aromatic N) is 1. The molecule has 1 N–H and O–H groups in total. The third-order valence-electron chi connectivity index (χ3n) is 6.23. The molecule has 2 aromatic heterocycles. The maximum atomic E-state index is 15.6. The molecule has 0 amide bonds. The molecule has 2 aromatic carbocycles. The molecule has 3 heterocycles. The third kappa shape index (κ3) is 5.36. The summed E-state index contributed by atoms with van der Waals surface area (Å²) in [5.41, 5.74) is -3.63.